The van der Waals surface area contributed by atoms with E-state index in [1.807, 2.05) is 19.1 Å². The van der Waals surface area contributed by atoms with E-state index >= 15 is 0 Å². The van der Waals surface area contributed by atoms with Gasteiger partial charge in [-0.05, 0) is 26.8 Å². The van der Waals surface area contributed by atoms with Crippen LogP contribution in [0.15, 0.2) is 36.5 Å². The average Bonchev–Trinajstić information content (AvgIpc) is 3.28. The van der Waals surface area contributed by atoms with Crippen LogP contribution in [-0.2, 0) is 12.1 Å². The highest BCUT2D eigenvalue weighted by molar-refractivity contribution is 5.90. The number of aromatic hydroxyl groups is 1. The highest BCUT2D eigenvalue weighted by atomic mass is 19.1. The zero-order chi connectivity index (χ0) is 21.6. The SMILES string of the molecule is CCn1c(-c2ccc3c[nH]c(O)c3c2)nnc1C(C)(C)Oc1c(F)cc(F)cc1F. The summed E-state index contributed by atoms with van der Waals surface area (Å²) >= 11 is 0. The molecule has 0 amide bonds. The van der Waals surface area contributed by atoms with E-state index in [2.05, 4.69) is 15.2 Å². The summed E-state index contributed by atoms with van der Waals surface area (Å²) in [5.41, 5.74) is -0.575. The Bertz CT molecular complexity index is 1220. The molecule has 9 heteroatoms. The first-order valence-electron chi connectivity index (χ1n) is 9.29. The van der Waals surface area contributed by atoms with Gasteiger partial charge < -0.3 is 19.4 Å². The van der Waals surface area contributed by atoms with Gasteiger partial charge in [-0.1, -0.05) is 12.1 Å². The molecular weight excluding hydrogens is 397 g/mol. The van der Waals surface area contributed by atoms with Crippen LogP contribution in [0.3, 0.4) is 0 Å². The van der Waals surface area contributed by atoms with Gasteiger partial charge in [0.05, 0.1) is 0 Å². The number of fused-ring (bicyclic) bond motifs is 1. The molecule has 30 heavy (non-hydrogen) atoms. The van der Waals surface area contributed by atoms with Crippen molar-refractivity contribution >= 4 is 10.8 Å². The smallest absolute Gasteiger partial charge is 0.196 e. The summed E-state index contributed by atoms with van der Waals surface area (Å²) in [6.45, 7) is 5.51. The predicted molar refractivity (Wildman–Crippen MR) is 105 cm³/mol. The molecule has 6 nitrogen and oxygen atoms in total. The van der Waals surface area contributed by atoms with Crippen LogP contribution in [0.5, 0.6) is 11.6 Å². The van der Waals surface area contributed by atoms with Crippen molar-refractivity contribution in [2.75, 3.05) is 0 Å². The number of halogens is 3. The number of H-pyrrole nitrogens is 1. The molecule has 0 saturated carbocycles. The molecule has 0 aliphatic heterocycles. The third kappa shape index (κ3) is 3.26. The molecule has 0 atom stereocenters. The summed E-state index contributed by atoms with van der Waals surface area (Å²) in [7, 11) is 0. The molecule has 0 aliphatic rings. The van der Waals surface area contributed by atoms with Crippen molar-refractivity contribution in [3.63, 3.8) is 0 Å². The van der Waals surface area contributed by atoms with Gasteiger partial charge in [0.1, 0.15) is 5.82 Å². The number of benzene rings is 2. The third-order valence-corrected chi connectivity index (χ3v) is 4.86. The average molecular weight is 416 g/mol. The number of aromatic amines is 1. The maximum atomic E-state index is 14.1. The van der Waals surface area contributed by atoms with Crippen molar-refractivity contribution in [1.82, 2.24) is 19.7 Å². The third-order valence-electron chi connectivity index (χ3n) is 4.86. The Morgan fingerprint density at radius 1 is 1.10 bits per heavy atom. The summed E-state index contributed by atoms with van der Waals surface area (Å²) in [5, 5.41) is 19.9. The summed E-state index contributed by atoms with van der Waals surface area (Å²) in [6.07, 6.45) is 1.69. The first kappa shape index (κ1) is 19.8. The summed E-state index contributed by atoms with van der Waals surface area (Å²) in [5.74, 6) is -3.12. The molecule has 0 spiro atoms. The second-order valence-corrected chi connectivity index (χ2v) is 7.34. The van der Waals surface area contributed by atoms with Crippen LogP contribution in [0.25, 0.3) is 22.2 Å². The molecule has 0 aliphatic carbocycles. The lowest BCUT2D eigenvalue weighted by molar-refractivity contribution is 0.0824. The Morgan fingerprint density at radius 2 is 1.80 bits per heavy atom. The standard InChI is InChI=1S/C21H19F3N4O2/c1-4-28-18(11-5-6-12-10-25-19(29)14(12)7-11)26-27-20(28)21(2,3)30-17-15(23)8-13(22)9-16(17)24/h5-10,25,29H,4H2,1-3H3. The molecule has 2 N–H and O–H groups in total. The zero-order valence-electron chi connectivity index (χ0n) is 16.5. The monoisotopic (exact) mass is 416 g/mol. The number of nitrogens with one attached hydrogen (secondary N) is 1. The highest BCUT2D eigenvalue weighted by Gasteiger charge is 2.33. The molecular formula is C21H19F3N4O2. The first-order valence-corrected chi connectivity index (χ1v) is 9.29. The Morgan fingerprint density at radius 3 is 2.47 bits per heavy atom. The number of hydrogen-bond donors (Lipinski definition) is 2. The van der Waals surface area contributed by atoms with Crippen molar-refractivity contribution in [2.45, 2.75) is 32.9 Å². The Labute approximate surface area is 169 Å². The summed E-state index contributed by atoms with van der Waals surface area (Å²) < 4.78 is 48.7. The second-order valence-electron chi connectivity index (χ2n) is 7.34. The molecule has 0 unspecified atom stereocenters. The number of aromatic nitrogens is 4. The van der Waals surface area contributed by atoms with Gasteiger partial charge in [0.2, 0.25) is 0 Å². The van der Waals surface area contributed by atoms with E-state index in [9.17, 15) is 18.3 Å². The van der Waals surface area contributed by atoms with E-state index < -0.39 is 28.8 Å². The largest absolute Gasteiger partial charge is 0.494 e. The highest BCUT2D eigenvalue weighted by Crippen LogP contribution is 2.34. The van der Waals surface area contributed by atoms with Gasteiger partial charge in [-0.25, -0.2) is 13.2 Å². The van der Waals surface area contributed by atoms with Gasteiger partial charge in [0.25, 0.3) is 0 Å². The molecule has 0 radical (unpaired) electrons. The minimum Gasteiger partial charge on any atom is -0.494 e. The quantitative estimate of drug-likeness (QED) is 0.486. The summed E-state index contributed by atoms with van der Waals surface area (Å²) in [6, 6.07) is 6.56. The first-order chi connectivity index (χ1) is 14.2. The molecule has 2 aromatic heterocycles. The number of nitrogens with zero attached hydrogens (tertiary/aromatic N) is 3. The minimum atomic E-state index is -1.28. The number of hydrogen-bond acceptors (Lipinski definition) is 4. The van der Waals surface area contributed by atoms with Crippen LogP contribution in [-0.4, -0.2) is 24.9 Å². The summed E-state index contributed by atoms with van der Waals surface area (Å²) in [4.78, 5) is 2.75. The van der Waals surface area contributed by atoms with Gasteiger partial charge in [-0.15, -0.1) is 10.2 Å². The molecule has 0 bridgehead atoms. The van der Waals surface area contributed by atoms with Gasteiger partial charge in [0.15, 0.2) is 40.5 Å². The van der Waals surface area contributed by atoms with Crippen LogP contribution < -0.4 is 4.74 Å². The number of ether oxygens (including phenoxy) is 1. The fourth-order valence-electron chi connectivity index (χ4n) is 3.44. The molecule has 156 valence electrons. The van der Waals surface area contributed by atoms with E-state index in [0.717, 1.165) is 5.39 Å². The van der Waals surface area contributed by atoms with Gasteiger partial charge in [-0.2, -0.15) is 0 Å². The normalized spacial score (nSPS) is 11.9. The molecule has 2 aromatic carbocycles. The van der Waals surface area contributed by atoms with E-state index in [0.29, 0.717) is 41.3 Å². The Kier molecular flexibility index (Phi) is 4.68. The lowest BCUT2D eigenvalue weighted by atomic mass is 10.1. The molecule has 0 fully saturated rings. The zero-order valence-corrected chi connectivity index (χ0v) is 16.5. The lowest BCUT2D eigenvalue weighted by Crippen LogP contribution is -2.30. The lowest BCUT2D eigenvalue weighted by Gasteiger charge is -2.26. The predicted octanol–water partition coefficient (Wildman–Crippen LogP) is 4.88. The maximum Gasteiger partial charge on any atom is 0.196 e. The Balaban J connectivity index is 1.76. The van der Waals surface area contributed by atoms with Crippen molar-refractivity contribution in [2.24, 2.45) is 0 Å². The van der Waals surface area contributed by atoms with Crippen molar-refractivity contribution < 1.29 is 23.0 Å². The van der Waals surface area contributed by atoms with E-state index in [1.54, 1.807) is 30.7 Å². The fraction of sp³-hybridized carbons (Fsp3) is 0.238. The van der Waals surface area contributed by atoms with E-state index in [4.69, 9.17) is 4.74 Å². The van der Waals surface area contributed by atoms with Crippen molar-refractivity contribution in [3.8, 4) is 23.0 Å². The van der Waals surface area contributed by atoms with Crippen LogP contribution in [0.2, 0.25) is 0 Å². The van der Waals surface area contributed by atoms with Crippen molar-refractivity contribution in [3.05, 3.63) is 59.8 Å². The molecule has 4 aromatic rings. The molecule has 4 rings (SSSR count). The topological polar surface area (TPSA) is 76.0 Å². The van der Waals surface area contributed by atoms with Crippen LogP contribution in [0.1, 0.15) is 26.6 Å². The van der Waals surface area contributed by atoms with Crippen LogP contribution in [0, 0.1) is 17.5 Å². The maximum absolute atomic E-state index is 14.1. The van der Waals surface area contributed by atoms with Gasteiger partial charge in [0, 0.05) is 41.2 Å². The molecule has 0 saturated heterocycles. The minimum absolute atomic E-state index is 0.0422. The number of rotatable bonds is 5. The van der Waals surface area contributed by atoms with Gasteiger partial charge >= 0.3 is 0 Å². The van der Waals surface area contributed by atoms with Gasteiger partial charge in [-0.3, -0.25) is 0 Å². The fourth-order valence-corrected chi connectivity index (χ4v) is 3.44. The van der Waals surface area contributed by atoms with E-state index in [-0.39, 0.29) is 5.88 Å². The van der Waals surface area contributed by atoms with Crippen LogP contribution >= 0.6 is 0 Å². The van der Waals surface area contributed by atoms with Crippen molar-refractivity contribution in [1.29, 1.82) is 0 Å². The second kappa shape index (κ2) is 7.08. The molecule has 2 heterocycles. The Hall–Kier alpha value is -3.49. The van der Waals surface area contributed by atoms with Crippen LogP contribution in [0.4, 0.5) is 13.2 Å². The van der Waals surface area contributed by atoms with E-state index in [1.165, 1.54) is 0 Å².